The van der Waals surface area contributed by atoms with Gasteiger partial charge in [-0.25, -0.2) is 4.98 Å². The zero-order valence-corrected chi connectivity index (χ0v) is 16.1. The summed E-state index contributed by atoms with van der Waals surface area (Å²) < 4.78 is 7.09. The van der Waals surface area contributed by atoms with Crippen LogP contribution >= 0.6 is 0 Å². The maximum Gasteiger partial charge on any atom is 0.243 e. The Morgan fingerprint density at radius 3 is 2.70 bits per heavy atom. The molecule has 8 nitrogen and oxygen atoms in total. The lowest BCUT2D eigenvalue weighted by atomic mass is 10.1. The van der Waals surface area contributed by atoms with Crippen molar-refractivity contribution in [3.63, 3.8) is 0 Å². The zero-order valence-electron chi connectivity index (χ0n) is 16.1. The van der Waals surface area contributed by atoms with Crippen molar-refractivity contribution in [2.24, 2.45) is 5.73 Å². The number of carbonyl (C=O) groups excluding carboxylic acids is 2. The summed E-state index contributed by atoms with van der Waals surface area (Å²) in [5.74, 6) is 0.0764. The monoisotopic (exact) mass is 373 g/mol. The molecule has 8 heteroatoms. The van der Waals surface area contributed by atoms with Crippen molar-refractivity contribution in [1.82, 2.24) is 19.4 Å². The Labute approximate surface area is 158 Å². The normalized spacial score (nSPS) is 18.4. The number of amides is 2. The van der Waals surface area contributed by atoms with Gasteiger partial charge in [0.15, 0.2) is 0 Å². The summed E-state index contributed by atoms with van der Waals surface area (Å²) >= 11 is 0. The van der Waals surface area contributed by atoms with Gasteiger partial charge in [-0.3, -0.25) is 14.5 Å². The summed E-state index contributed by atoms with van der Waals surface area (Å²) in [5, 5.41) is 0. The lowest BCUT2D eigenvalue weighted by molar-refractivity contribution is -0.143. The van der Waals surface area contributed by atoms with E-state index in [1.807, 2.05) is 28.8 Å². The van der Waals surface area contributed by atoms with Crippen molar-refractivity contribution in [3.8, 4) is 0 Å². The SMILES string of the molecule is COCc1nc2ccccc2n1CC(=O)N1CCN(C(C)C)CC1C(N)=O. The van der Waals surface area contributed by atoms with Crippen LogP contribution in [0.4, 0.5) is 0 Å². The molecule has 1 aromatic carbocycles. The molecule has 0 saturated carbocycles. The number of aromatic nitrogens is 2. The van der Waals surface area contributed by atoms with Gasteiger partial charge < -0.3 is 19.9 Å². The minimum Gasteiger partial charge on any atom is -0.377 e. The Morgan fingerprint density at radius 2 is 2.04 bits per heavy atom. The van der Waals surface area contributed by atoms with E-state index in [1.165, 1.54) is 0 Å². The first-order valence-electron chi connectivity index (χ1n) is 9.18. The van der Waals surface area contributed by atoms with E-state index in [0.29, 0.717) is 31.6 Å². The Hall–Kier alpha value is -2.45. The zero-order chi connectivity index (χ0) is 19.6. The minimum absolute atomic E-state index is 0.102. The van der Waals surface area contributed by atoms with Crippen LogP contribution in [0.5, 0.6) is 0 Å². The number of para-hydroxylation sites is 2. The molecule has 0 radical (unpaired) electrons. The molecule has 1 fully saturated rings. The van der Waals surface area contributed by atoms with Crippen LogP contribution in [0.3, 0.4) is 0 Å². The number of nitrogens with two attached hydrogens (primary N) is 1. The van der Waals surface area contributed by atoms with Crippen LogP contribution in [0.1, 0.15) is 19.7 Å². The van der Waals surface area contributed by atoms with E-state index in [0.717, 1.165) is 17.6 Å². The van der Waals surface area contributed by atoms with Crippen LogP contribution in [-0.4, -0.2) is 70.0 Å². The van der Waals surface area contributed by atoms with Crippen molar-refractivity contribution in [3.05, 3.63) is 30.1 Å². The minimum atomic E-state index is -0.616. The molecule has 3 rings (SSSR count). The van der Waals surface area contributed by atoms with Gasteiger partial charge in [0.05, 0.1) is 11.0 Å². The molecule has 0 bridgehead atoms. The van der Waals surface area contributed by atoms with Gasteiger partial charge in [0.2, 0.25) is 11.8 Å². The number of piperazine rings is 1. The summed E-state index contributed by atoms with van der Waals surface area (Å²) in [7, 11) is 1.60. The van der Waals surface area contributed by atoms with Gasteiger partial charge >= 0.3 is 0 Å². The van der Waals surface area contributed by atoms with Crippen molar-refractivity contribution >= 4 is 22.8 Å². The van der Waals surface area contributed by atoms with Gasteiger partial charge in [-0.15, -0.1) is 0 Å². The number of rotatable bonds is 6. The summed E-state index contributed by atoms with van der Waals surface area (Å²) in [4.78, 5) is 33.4. The largest absolute Gasteiger partial charge is 0.377 e. The third-order valence-corrected chi connectivity index (χ3v) is 5.09. The Balaban J connectivity index is 1.85. The van der Waals surface area contributed by atoms with E-state index in [2.05, 4.69) is 23.7 Å². The summed E-state index contributed by atoms with van der Waals surface area (Å²) in [5.41, 5.74) is 7.28. The van der Waals surface area contributed by atoms with Crippen LogP contribution in [0.15, 0.2) is 24.3 Å². The molecule has 1 aliphatic rings. The van der Waals surface area contributed by atoms with E-state index in [9.17, 15) is 9.59 Å². The number of fused-ring (bicyclic) bond motifs is 1. The van der Waals surface area contributed by atoms with Crippen molar-refractivity contribution in [1.29, 1.82) is 0 Å². The number of methoxy groups -OCH3 is 1. The van der Waals surface area contributed by atoms with Crippen molar-refractivity contribution in [2.45, 2.75) is 39.1 Å². The molecule has 146 valence electrons. The molecular weight excluding hydrogens is 346 g/mol. The second kappa shape index (κ2) is 8.06. The summed E-state index contributed by atoms with van der Waals surface area (Å²) in [6.07, 6.45) is 0. The highest BCUT2D eigenvalue weighted by molar-refractivity contribution is 5.88. The third-order valence-electron chi connectivity index (χ3n) is 5.09. The Morgan fingerprint density at radius 1 is 1.30 bits per heavy atom. The van der Waals surface area contributed by atoms with Gasteiger partial charge in [0, 0.05) is 32.8 Å². The number of primary amides is 1. The summed E-state index contributed by atoms with van der Waals surface area (Å²) in [6.45, 7) is 6.23. The first-order chi connectivity index (χ1) is 12.9. The van der Waals surface area contributed by atoms with E-state index in [1.54, 1.807) is 12.0 Å². The number of ether oxygens (including phenoxy) is 1. The number of hydrogen-bond donors (Lipinski definition) is 1. The average molecular weight is 373 g/mol. The van der Waals surface area contributed by atoms with Crippen molar-refractivity contribution in [2.75, 3.05) is 26.7 Å². The van der Waals surface area contributed by atoms with E-state index < -0.39 is 11.9 Å². The fourth-order valence-electron chi connectivity index (χ4n) is 3.58. The maximum absolute atomic E-state index is 13.1. The molecule has 1 atom stereocenters. The van der Waals surface area contributed by atoms with Crippen LogP contribution in [0.2, 0.25) is 0 Å². The number of nitrogens with zero attached hydrogens (tertiary/aromatic N) is 4. The molecular formula is C19H27N5O3. The lowest BCUT2D eigenvalue weighted by Gasteiger charge is -2.41. The fourth-order valence-corrected chi connectivity index (χ4v) is 3.58. The Kier molecular flexibility index (Phi) is 5.76. The first kappa shape index (κ1) is 19.3. The lowest BCUT2D eigenvalue weighted by Crippen LogP contribution is -2.61. The molecule has 2 aromatic rings. The van der Waals surface area contributed by atoms with Gasteiger partial charge in [0.1, 0.15) is 25.0 Å². The van der Waals surface area contributed by atoms with Crippen LogP contribution in [-0.2, 0) is 27.5 Å². The maximum atomic E-state index is 13.1. The molecule has 1 saturated heterocycles. The predicted octanol–water partition coefficient (Wildman–Crippen LogP) is 0.589. The molecule has 1 unspecified atom stereocenters. The third kappa shape index (κ3) is 3.96. The van der Waals surface area contributed by atoms with Crippen LogP contribution < -0.4 is 5.73 Å². The molecule has 2 heterocycles. The predicted molar refractivity (Wildman–Crippen MR) is 102 cm³/mol. The molecule has 1 aromatic heterocycles. The molecule has 2 amide bonds. The molecule has 0 aliphatic carbocycles. The highest BCUT2D eigenvalue weighted by Gasteiger charge is 2.35. The quantitative estimate of drug-likeness (QED) is 0.800. The molecule has 2 N–H and O–H groups in total. The fraction of sp³-hybridized carbons (Fsp3) is 0.526. The van der Waals surface area contributed by atoms with Gasteiger partial charge in [-0.2, -0.15) is 0 Å². The van der Waals surface area contributed by atoms with Crippen LogP contribution in [0.25, 0.3) is 11.0 Å². The Bertz CT molecular complexity index is 832. The van der Waals surface area contributed by atoms with Gasteiger partial charge in [-0.1, -0.05) is 12.1 Å². The molecule has 27 heavy (non-hydrogen) atoms. The van der Waals surface area contributed by atoms with Crippen LogP contribution in [0, 0.1) is 0 Å². The molecule has 1 aliphatic heterocycles. The van der Waals surface area contributed by atoms with Gasteiger partial charge in [-0.05, 0) is 26.0 Å². The number of benzene rings is 1. The second-order valence-corrected chi connectivity index (χ2v) is 7.13. The second-order valence-electron chi connectivity index (χ2n) is 7.13. The number of carbonyl (C=O) groups is 2. The molecule has 0 spiro atoms. The van der Waals surface area contributed by atoms with Gasteiger partial charge in [0.25, 0.3) is 0 Å². The highest BCUT2D eigenvalue weighted by atomic mass is 16.5. The van der Waals surface area contributed by atoms with E-state index in [4.69, 9.17) is 10.5 Å². The van der Waals surface area contributed by atoms with E-state index >= 15 is 0 Å². The average Bonchev–Trinajstić information content (AvgIpc) is 2.98. The topological polar surface area (TPSA) is 93.7 Å². The smallest absolute Gasteiger partial charge is 0.243 e. The van der Waals surface area contributed by atoms with E-state index in [-0.39, 0.29) is 12.5 Å². The first-order valence-corrected chi connectivity index (χ1v) is 9.18. The number of imidazole rings is 1. The highest BCUT2D eigenvalue weighted by Crippen LogP contribution is 2.19. The van der Waals surface area contributed by atoms with Crippen molar-refractivity contribution < 1.29 is 14.3 Å². The summed E-state index contributed by atoms with van der Waals surface area (Å²) in [6, 6.07) is 7.34. The standard InChI is InChI=1S/C19H27N5O3/c1-13(2)22-8-9-23(16(10-22)19(20)26)18(25)11-24-15-7-5-4-6-14(15)21-17(24)12-27-3/h4-7,13,16H,8-12H2,1-3H3,(H2,20,26). The number of hydrogen-bond acceptors (Lipinski definition) is 5.